The van der Waals surface area contributed by atoms with Gasteiger partial charge in [0.1, 0.15) is 17.7 Å². The van der Waals surface area contributed by atoms with E-state index in [0.29, 0.717) is 31.5 Å². The van der Waals surface area contributed by atoms with Crippen LogP contribution < -0.4 is 5.73 Å². The van der Waals surface area contributed by atoms with E-state index >= 15 is 0 Å². The molecule has 5 atom stereocenters. The van der Waals surface area contributed by atoms with Crippen molar-refractivity contribution in [3.8, 4) is 6.07 Å². The van der Waals surface area contributed by atoms with Gasteiger partial charge >= 0.3 is 0 Å². The van der Waals surface area contributed by atoms with Crippen LogP contribution in [0, 0.1) is 23.0 Å². The van der Waals surface area contributed by atoms with Crippen LogP contribution in [0.4, 0.5) is 8.78 Å². The van der Waals surface area contributed by atoms with Gasteiger partial charge in [0, 0.05) is 31.7 Å². The van der Waals surface area contributed by atoms with E-state index in [2.05, 4.69) is 6.07 Å². The Labute approximate surface area is 174 Å². The van der Waals surface area contributed by atoms with Crippen LogP contribution in [-0.4, -0.2) is 70.3 Å². The third-order valence-electron chi connectivity index (χ3n) is 6.53. The van der Waals surface area contributed by atoms with Gasteiger partial charge in [0.2, 0.25) is 11.8 Å². The fraction of sp³-hybridized carbons (Fsp3) is 0.571. The maximum atomic E-state index is 13.6. The van der Waals surface area contributed by atoms with Crippen LogP contribution >= 0.6 is 0 Å². The zero-order chi connectivity index (χ0) is 21.6. The average molecular weight is 417 g/mol. The van der Waals surface area contributed by atoms with Crippen molar-refractivity contribution in [3.63, 3.8) is 0 Å². The highest BCUT2D eigenvalue weighted by Crippen LogP contribution is 2.38. The maximum Gasteiger partial charge on any atom is 0.241 e. The second-order valence-corrected chi connectivity index (χ2v) is 8.41. The molecule has 30 heavy (non-hydrogen) atoms. The molecule has 3 saturated heterocycles. The largest absolute Gasteiger partial charge is 0.330 e. The predicted molar refractivity (Wildman–Crippen MR) is 104 cm³/mol. The van der Waals surface area contributed by atoms with Gasteiger partial charge in [-0.2, -0.15) is 5.26 Å². The van der Waals surface area contributed by atoms with Crippen LogP contribution in [0.5, 0.6) is 0 Å². The molecule has 1 aromatic rings. The normalized spacial score (nSPS) is 28.1. The number of halogens is 2. The van der Waals surface area contributed by atoms with Crippen molar-refractivity contribution in [2.75, 3.05) is 19.6 Å². The molecule has 3 aliphatic rings. The van der Waals surface area contributed by atoms with E-state index < -0.39 is 29.8 Å². The molecule has 7 nitrogen and oxygen atoms in total. The van der Waals surface area contributed by atoms with Crippen LogP contribution in [0.15, 0.2) is 18.2 Å². The molecule has 3 heterocycles. The summed E-state index contributed by atoms with van der Waals surface area (Å²) >= 11 is 0. The van der Waals surface area contributed by atoms with Crippen molar-refractivity contribution in [1.82, 2.24) is 14.7 Å². The molecule has 0 unspecified atom stereocenters. The Hall–Kier alpha value is -2.57. The minimum atomic E-state index is -0.797. The highest BCUT2D eigenvalue weighted by Gasteiger charge is 2.51. The number of carbonyl (C=O) groups excluding carboxylic acids is 2. The van der Waals surface area contributed by atoms with Gasteiger partial charge in [-0.25, -0.2) is 8.78 Å². The number of hydrogen-bond acceptors (Lipinski definition) is 5. The molecule has 9 heteroatoms. The Kier molecular flexibility index (Phi) is 5.47. The number of nitriles is 1. The number of nitrogens with zero attached hydrogens (tertiary/aromatic N) is 4. The van der Waals surface area contributed by atoms with Gasteiger partial charge in [-0.1, -0.05) is 0 Å². The molecular weight excluding hydrogens is 392 g/mol. The lowest BCUT2D eigenvalue weighted by molar-refractivity contribution is -0.141. The molecular formula is C21H25F2N5O2. The second kappa shape index (κ2) is 7.93. The average Bonchev–Trinajstić information content (AvgIpc) is 3.40. The predicted octanol–water partition coefficient (Wildman–Crippen LogP) is 1.15. The van der Waals surface area contributed by atoms with Crippen LogP contribution in [0.2, 0.25) is 0 Å². The van der Waals surface area contributed by atoms with Gasteiger partial charge in [-0.05, 0) is 43.9 Å². The number of piperazine rings is 1. The first kappa shape index (κ1) is 20.7. The Balaban J connectivity index is 1.41. The first-order chi connectivity index (χ1) is 14.3. The summed E-state index contributed by atoms with van der Waals surface area (Å²) in [5.41, 5.74) is 6.56. The summed E-state index contributed by atoms with van der Waals surface area (Å²) in [4.78, 5) is 30.8. The topological polar surface area (TPSA) is 93.7 Å². The van der Waals surface area contributed by atoms with E-state index in [1.165, 1.54) is 17.0 Å². The Morgan fingerprint density at radius 2 is 2.03 bits per heavy atom. The van der Waals surface area contributed by atoms with Crippen LogP contribution in [0.3, 0.4) is 0 Å². The summed E-state index contributed by atoms with van der Waals surface area (Å²) in [5.74, 6) is -1.71. The van der Waals surface area contributed by atoms with Crippen molar-refractivity contribution in [3.05, 3.63) is 35.4 Å². The number of rotatable bonds is 5. The van der Waals surface area contributed by atoms with E-state index in [9.17, 15) is 23.6 Å². The van der Waals surface area contributed by atoms with E-state index in [1.807, 2.05) is 4.90 Å². The zero-order valence-electron chi connectivity index (χ0n) is 16.8. The number of carbonyl (C=O) groups is 2. The summed E-state index contributed by atoms with van der Waals surface area (Å²) in [5, 5.41) is 9.19. The number of amides is 2. The van der Waals surface area contributed by atoms with Gasteiger partial charge < -0.3 is 15.5 Å². The molecule has 160 valence electrons. The zero-order valence-corrected chi connectivity index (χ0v) is 16.8. The molecule has 0 radical (unpaired) electrons. The minimum Gasteiger partial charge on any atom is -0.330 e. The number of likely N-dealkylation sites (tertiary alicyclic amines) is 3. The summed E-state index contributed by atoms with van der Waals surface area (Å²) in [6.07, 6.45) is 2.05. The van der Waals surface area contributed by atoms with Gasteiger partial charge in [0.05, 0.1) is 24.2 Å². The van der Waals surface area contributed by atoms with Gasteiger partial charge in [0.25, 0.3) is 0 Å². The number of benzene rings is 1. The third-order valence-corrected chi connectivity index (χ3v) is 6.53. The molecule has 3 aliphatic heterocycles. The maximum absolute atomic E-state index is 13.6. The standard InChI is InChI=1S/C21H25F2N5O2/c1-12(13-5-14(22)7-15(23)6-13)28-17-8-19(21(28)30)26(10-17)11-18(25)20(29)27-4-2-3-16(27)9-24/h5-7,12,16-19H,2-4,8,10-11,25H2,1H3/t12-,16+,17+,18+,19+/m1/s1. The van der Waals surface area contributed by atoms with Gasteiger partial charge in [0.15, 0.2) is 0 Å². The Bertz CT molecular complexity index is 884. The first-order valence-corrected chi connectivity index (χ1v) is 10.3. The number of nitrogens with two attached hydrogens (primary N) is 1. The highest BCUT2D eigenvalue weighted by atomic mass is 19.1. The van der Waals surface area contributed by atoms with E-state index in [0.717, 1.165) is 12.5 Å². The van der Waals surface area contributed by atoms with Crippen LogP contribution in [0.25, 0.3) is 0 Å². The monoisotopic (exact) mass is 417 g/mol. The van der Waals surface area contributed by atoms with Gasteiger partial charge in [-0.3, -0.25) is 14.5 Å². The van der Waals surface area contributed by atoms with E-state index in [1.54, 1.807) is 11.8 Å². The van der Waals surface area contributed by atoms with Crippen LogP contribution in [0.1, 0.15) is 37.8 Å². The summed E-state index contributed by atoms with van der Waals surface area (Å²) in [7, 11) is 0. The lowest BCUT2D eigenvalue weighted by Crippen LogP contribution is -2.56. The molecule has 2 amide bonds. The number of fused-ring (bicyclic) bond motifs is 2. The highest BCUT2D eigenvalue weighted by molar-refractivity contribution is 5.87. The van der Waals surface area contributed by atoms with E-state index in [-0.39, 0.29) is 30.4 Å². The fourth-order valence-electron chi connectivity index (χ4n) is 5.08. The minimum absolute atomic E-state index is 0.0928. The molecule has 0 aromatic heterocycles. The molecule has 4 rings (SSSR count). The molecule has 3 fully saturated rings. The van der Waals surface area contributed by atoms with Crippen molar-refractivity contribution in [2.45, 2.75) is 56.4 Å². The van der Waals surface area contributed by atoms with Crippen molar-refractivity contribution in [1.29, 1.82) is 5.26 Å². The number of hydrogen-bond donors (Lipinski definition) is 1. The molecule has 1 aromatic carbocycles. The lowest BCUT2D eigenvalue weighted by Gasteiger charge is -2.38. The lowest BCUT2D eigenvalue weighted by atomic mass is 10.0. The summed E-state index contributed by atoms with van der Waals surface area (Å²) in [6.45, 7) is 3.10. The Morgan fingerprint density at radius 3 is 2.67 bits per heavy atom. The van der Waals surface area contributed by atoms with Crippen LogP contribution in [-0.2, 0) is 9.59 Å². The molecule has 0 aliphatic carbocycles. The van der Waals surface area contributed by atoms with Crippen molar-refractivity contribution < 1.29 is 18.4 Å². The molecule has 2 bridgehead atoms. The summed E-state index contributed by atoms with van der Waals surface area (Å²) < 4.78 is 27.2. The van der Waals surface area contributed by atoms with Crippen molar-refractivity contribution in [2.24, 2.45) is 5.73 Å². The fourth-order valence-corrected chi connectivity index (χ4v) is 5.08. The van der Waals surface area contributed by atoms with Gasteiger partial charge in [-0.15, -0.1) is 0 Å². The second-order valence-electron chi connectivity index (χ2n) is 8.41. The van der Waals surface area contributed by atoms with E-state index in [4.69, 9.17) is 5.73 Å². The summed E-state index contributed by atoms with van der Waals surface area (Å²) in [6, 6.07) is 3.30. The molecule has 0 spiro atoms. The SMILES string of the molecule is C[C@H](c1cc(F)cc(F)c1)N1C(=O)[C@@H]2C[C@H]1CN2C[C@H](N)C(=O)N1CCC[C@H]1C#N. The molecule has 2 N–H and O–H groups in total. The smallest absolute Gasteiger partial charge is 0.241 e. The quantitative estimate of drug-likeness (QED) is 0.776. The van der Waals surface area contributed by atoms with Crippen molar-refractivity contribution >= 4 is 11.8 Å². The molecule has 0 saturated carbocycles. The first-order valence-electron chi connectivity index (χ1n) is 10.3. The third kappa shape index (κ3) is 3.55. The Morgan fingerprint density at radius 1 is 1.33 bits per heavy atom.